The van der Waals surface area contributed by atoms with Crippen molar-refractivity contribution in [2.45, 2.75) is 13.8 Å². The molecule has 92 valence electrons. The highest BCUT2D eigenvalue weighted by molar-refractivity contribution is 9.10. The van der Waals surface area contributed by atoms with Crippen molar-refractivity contribution in [3.63, 3.8) is 0 Å². The van der Waals surface area contributed by atoms with Gasteiger partial charge in [0.1, 0.15) is 5.82 Å². The van der Waals surface area contributed by atoms with Crippen molar-refractivity contribution in [1.29, 1.82) is 0 Å². The Labute approximate surface area is 114 Å². The van der Waals surface area contributed by atoms with Crippen molar-refractivity contribution in [1.82, 2.24) is 0 Å². The van der Waals surface area contributed by atoms with E-state index in [1.54, 1.807) is 18.2 Å². The Morgan fingerprint density at radius 2 is 1.83 bits per heavy atom. The van der Waals surface area contributed by atoms with Crippen molar-refractivity contribution in [3.8, 4) is 0 Å². The fraction of sp³-hybridized carbons (Fsp3) is 0.133. The predicted molar refractivity (Wildman–Crippen MR) is 73.4 cm³/mol. The Bertz CT molecular complexity index is 616. The lowest BCUT2D eigenvalue weighted by atomic mass is 9.97. The highest BCUT2D eigenvalue weighted by Crippen LogP contribution is 2.22. The summed E-state index contributed by atoms with van der Waals surface area (Å²) in [5.74, 6) is -0.793. The van der Waals surface area contributed by atoms with Crippen LogP contribution in [0.25, 0.3) is 0 Å². The zero-order chi connectivity index (χ0) is 13.3. The van der Waals surface area contributed by atoms with Gasteiger partial charge in [0.2, 0.25) is 0 Å². The Morgan fingerprint density at radius 1 is 1.11 bits per heavy atom. The Morgan fingerprint density at radius 3 is 2.56 bits per heavy atom. The quantitative estimate of drug-likeness (QED) is 0.750. The van der Waals surface area contributed by atoms with E-state index in [0.717, 1.165) is 11.1 Å². The molecule has 0 N–H and O–H groups in total. The lowest BCUT2D eigenvalue weighted by Gasteiger charge is -2.08. The fourth-order valence-corrected chi connectivity index (χ4v) is 2.17. The molecular formula is C15H12BrFO. The number of carbonyl (C=O) groups excluding carboxylic acids is 1. The van der Waals surface area contributed by atoms with Gasteiger partial charge < -0.3 is 0 Å². The number of benzene rings is 2. The van der Waals surface area contributed by atoms with Crippen LogP contribution in [0.5, 0.6) is 0 Å². The zero-order valence-electron chi connectivity index (χ0n) is 10.1. The van der Waals surface area contributed by atoms with E-state index < -0.39 is 5.82 Å². The number of ketones is 1. The normalized spacial score (nSPS) is 10.4. The highest BCUT2D eigenvalue weighted by atomic mass is 79.9. The van der Waals surface area contributed by atoms with E-state index in [4.69, 9.17) is 0 Å². The van der Waals surface area contributed by atoms with Gasteiger partial charge in [0.25, 0.3) is 0 Å². The summed E-state index contributed by atoms with van der Waals surface area (Å²) < 4.78 is 14.2. The average Bonchev–Trinajstić information content (AvgIpc) is 2.35. The van der Waals surface area contributed by atoms with Crippen LogP contribution >= 0.6 is 15.9 Å². The molecule has 2 aromatic rings. The van der Waals surface area contributed by atoms with Crippen molar-refractivity contribution in [2.24, 2.45) is 0 Å². The van der Waals surface area contributed by atoms with Crippen LogP contribution in [0.1, 0.15) is 27.0 Å². The molecule has 0 unspecified atom stereocenters. The van der Waals surface area contributed by atoms with E-state index >= 15 is 0 Å². The zero-order valence-corrected chi connectivity index (χ0v) is 11.7. The summed E-state index contributed by atoms with van der Waals surface area (Å²) in [7, 11) is 0. The second-order valence-corrected chi connectivity index (χ2v) is 5.10. The molecule has 0 amide bonds. The third-order valence-electron chi connectivity index (χ3n) is 2.83. The van der Waals surface area contributed by atoms with Gasteiger partial charge in [-0.2, -0.15) is 0 Å². The summed E-state index contributed by atoms with van der Waals surface area (Å²) in [5.41, 5.74) is 2.48. The molecule has 0 saturated carbocycles. The molecule has 2 aromatic carbocycles. The van der Waals surface area contributed by atoms with Crippen LogP contribution in [0, 0.1) is 19.7 Å². The maximum absolute atomic E-state index is 13.9. The molecular weight excluding hydrogens is 295 g/mol. The molecule has 0 bridgehead atoms. The molecule has 0 spiro atoms. The first kappa shape index (κ1) is 13.0. The molecule has 0 radical (unpaired) electrons. The summed E-state index contributed by atoms with van der Waals surface area (Å²) in [6.07, 6.45) is 0. The van der Waals surface area contributed by atoms with Gasteiger partial charge in [-0.05, 0) is 53.5 Å². The van der Waals surface area contributed by atoms with Crippen LogP contribution in [0.15, 0.2) is 40.9 Å². The lowest BCUT2D eigenvalue weighted by molar-refractivity contribution is 0.103. The molecule has 3 heteroatoms. The average molecular weight is 307 g/mol. The summed E-state index contributed by atoms with van der Waals surface area (Å²) in [4.78, 5) is 12.3. The van der Waals surface area contributed by atoms with Crippen LogP contribution in [0.2, 0.25) is 0 Å². The first-order valence-corrected chi connectivity index (χ1v) is 6.36. The van der Waals surface area contributed by atoms with Crippen LogP contribution in [0.3, 0.4) is 0 Å². The summed E-state index contributed by atoms with van der Waals surface area (Å²) in [6, 6.07) is 10.3. The molecule has 0 aliphatic rings. The van der Waals surface area contributed by atoms with E-state index in [1.807, 2.05) is 26.0 Å². The van der Waals surface area contributed by atoms with E-state index in [2.05, 4.69) is 15.9 Å². The van der Waals surface area contributed by atoms with Gasteiger partial charge >= 0.3 is 0 Å². The fourth-order valence-electron chi connectivity index (χ4n) is 1.80. The van der Waals surface area contributed by atoms with Gasteiger partial charge in [0.05, 0.1) is 10.0 Å². The Balaban J connectivity index is 2.55. The first-order chi connectivity index (χ1) is 8.50. The molecule has 2 rings (SSSR count). The number of hydrogen-bond donors (Lipinski definition) is 0. The van der Waals surface area contributed by atoms with Gasteiger partial charge in [-0.1, -0.05) is 23.8 Å². The van der Waals surface area contributed by atoms with Gasteiger partial charge in [-0.15, -0.1) is 0 Å². The molecule has 0 fully saturated rings. The van der Waals surface area contributed by atoms with E-state index in [1.165, 1.54) is 6.07 Å². The van der Waals surface area contributed by atoms with Gasteiger partial charge in [-0.3, -0.25) is 4.79 Å². The molecule has 0 aliphatic heterocycles. The number of carbonyl (C=O) groups is 1. The van der Waals surface area contributed by atoms with Gasteiger partial charge in [0, 0.05) is 5.56 Å². The minimum Gasteiger partial charge on any atom is -0.288 e. The number of halogens is 2. The molecule has 1 nitrogen and oxygen atoms in total. The second-order valence-electron chi connectivity index (χ2n) is 4.25. The van der Waals surface area contributed by atoms with E-state index in [9.17, 15) is 9.18 Å². The first-order valence-electron chi connectivity index (χ1n) is 5.56. The summed E-state index contributed by atoms with van der Waals surface area (Å²) in [5, 5.41) is 0. The smallest absolute Gasteiger partial charge is 0.196 e. The topological polar surface area (TPSA) is 17.1 Å². The largest absolute Gasteiger partial charge is 0.288 e. The molecule has 0 atom stereocenters. The molecule has 0 aliphatic carbocycles. The van der Waals surface area contributed by atoms with Crippen molar-refractivity contribution >= 4 is 21.7 Å². The van der Waals surface area contributed by atoms with Crippen LogP contribution in [0.4, 0.5) is 4.39 Å². The van der Waals surface area contributed by atoms with Crippen molar-refractivity contribution in [3.05, 3.63) is 68.9 Å². The highest BCUT2D eigenvalue weighted by Gasteiger charge is 2.17. The predicted octanol–water partition coefficient (Wildman–Crippen LogP) is 4.44. The SMILES string of the molecule is Cc1ccc(C)c(C(=O)c2cccc(Br)c2F)c1. The third-order valence-corrected chi connectivity index (χ3v) is 3.45. The van der Waals surface area contributed by atoms with Crippen molar-refractivity contribution < 1.29 is 9.18 Å². The Hall–Kier alpha value is -1.48. The molecule has 0 aromatic heterocycles. The van der Waals surface area contributed by atoms with E-state index in [-0.39, 0.29) is 11.3 Å². The van der Waals surface area contributed by atoms with Crippen molar-refractivity contribution in [2.75, 3.05) is 0 Å². The standard InChI is InChI=1S/C15H12BrFO/c1-9-6-7-10(2)12(8-9)15(18)11-4-3-5-13(16)14(11)17/h3-8H,1-2H3. The minimum absolute atomic E-state index is 0.0954. The maximum atomic E-state index is 13.9. The van der Waals surface area contributed by atoms with E-state index in [0.29, 0.717) is 10.0 Å². The summed E-state index contributed by atoms with van der Waals surface area (Å²) >= 11 is 3.09. The lowest BCUT2D eigenvalue weighted by Crippen LogP contribution is -2.07. The molecule has 0 saturated heterocycles. The number of rotatable bonds is 2. The maximum Gasteiger partial charge on any atom is 0.196 e. The number of hydrogen-bond acceptors (Lipinski definition) is 1. The molecule has 18 heavy (non-hydrogen) atoms. The molecule has 0 heterocycles. The third kappa shape index (κ3) is 2.36. The van der Waals surface area contributed by atoms with Gasteiger partial charge in [-0.25, -0.2) is 4.39 Å². The van der Waals surface area contributed by atoms with Crippen LogP contribution in [-0.4, -0.2) is 5.78 Å². The van der Waals surface area contributed by atoms with Crippen LogP contribution in [-0.2, 0) is 0 Å². The summed E-state index contributed by atoms with van der Waals surface area (Å²) in [6.45, 7) is 3.76. The number of aryl methyl sites for hydroxylation is 2. The second kappa shape index (κ2) is 5.02. The van der Waals surface area contributed by atoms with Crippen LogP contribution < -0.4 is 0 Å². The Kier molecular flexibility index (Phi) is 3.62. The van der Waals surface area contributed by atoms with Gasteiger partial charge in [0.15, 0.2) is 5.78 Å². The monoisotopic (exact) mass is 306 g/mol. The minimum atomic E-state index is -0.511.